The van der Waals surface area contributed by atoms with Crippen molar-refractivity contribution in [3.05, 3.63) is 35.6 Å². The van der Waals surface area contributed by atoms with Gasteiger partial charge in [-0.2, -0.15) is 0 Å². The molecule has 1 aliphatic rings. The van der Waals surface area contributed by atoms with E-state index >= 15 is 0 Å². The number of hydrogen-bond donors (Lipinski definition) is 2. The third kappa shape index (κ3) is 3.49. The SMILES string of the molecule is NCC(NN1CCCCC1)c1ccc(F)cc1. The number of halogens is 1. The Balaban J connectivity index is 1.97. The molecule has 4 heteroatoms. The maximum atomic E-state index is 12.9. The Bertz CT molecular complexity index is 333. The summed E-state index contributed by atoms with van der Waals surface area (Å²) in [4.78, 5) is 0. The predicted molar refractivity (Wildman–Crippen MR) is 66.8 cm³/mol. The number of nitrogens with zero attached hydrogens (tertiary/aromatic N) is 1. The van der Waals surface area contributed by atoms with Crippen molar-refractivity contribution >= 4 is 0 Å². The highest BCUT2D eigenvalue weighted by atomic mass is 19.1. The van der Waals surface area contributed by atoms with Gasteiger partial charge < -0.3 is 5.73 Å². The van der Waals surface area contributed by atoms with Crippen LogP contribution in [0, 0.1) is 5.82 Å². The van der Waals surface area contributed by atoms with Crippen LogP contribution in [-0.2, 0) is 0 Å². The molecular weight excluding hydrogens is 217 g/mol. The van der Waals surface area contributed by atoms with Crippen LogP contribution in [0.2, 0.25) is 0 Å². The number of rotatable bonds is 4. The van der Waals surface area contributed by atoms with Crippen LogP contribution in [0.5, 0.6) is 0 Å². The maximum absolute atomic E-state index is 12.9. The van der Waals surface area contributed by atoms with E-state index in [0.29, 0.717) is 6.54 Å². The summed E-state index contributed by atoms with van der Waals surface area (Å²) in [5.41, 5.74) is 10.2. The Kier molecular flexibility index (Phi) is 4.48. The first-order valence-electron chi connectivity index (χ1n) is 6.26. The predicted octanol–water partition coefficient (Wildman–Crippen LogP) is 1.82. The molecule has 2 rings (SSSR count). The molecule has 1 aliphatic heterocycles. The Hall–Kier alpha value is -0.970. The van der Waals surface area contributed by atoms with Crippen molar-refractivity contribution in [3.8, 4) is 0 Å². The first-order chi connectivity index (χ1) is 8.29. The fourth-order valence-electron chi connectivity index (χ4n) is 2.20. The fourth-order valence-corrected chi connectivity index (χ4v) is 2.20. The van der Waals surface area contributed by atoms with Gasteiger partial charge in [0.2, 0.25) is 0 Å². The molecule has 1 saturated heterocycles. The molecule has 0 radical (unpaired) electrons. The van der Waals surface area contributed by atoms with Crippen LogP contribution in [0.4, 0.5) is 4.39 Å². The van der Waals surface area contributed by atoms with Gasteiger partial charge in [0, 0.05) is 19.6 Å². The van der Waals surface area contributed by atoms with E-state index in [2.05, 4.69) is 10.4 Å². The Morgan fingerprint density at radius 2 is 1.82 bits per heavy atom. The van der Waals surface area contributed by atoms with E-state index in [0.717, 1.165) is 18.7 Å². The maximum Gasteiger partial charge on any atom is 0.123 e. The van der Waals surface area contributed by atoms with E-state index < -0.39 is 0 Å². The lowest BCUT2D eigenvalue weighted by atomic mass is 10.1. The minimum absolute atomic E-state index is 0.0775. The summed E-state index contributed by atoms with van der Waals surface area (Å²) in [5, 5.41) is 2.23. The van der Waals surface area contributed by atoms with Gasteiger partial charge in [0.15, 0.2) is 0 Å². The van der Waals surface area contributed by atoms with Crippen LogP contribution in [0.15, 0.2) is 24.3 Å². The standard InChI is InChI=1S/C13H20FN3/c14-12-6-4-11(5-7-12)13(10-15)16-17-8-2-1-3-9-17/h4-7,13,16H,1-3,8-10,15H2. The molecule has 1 fully saturated rings. The highest BCUT2D eigenvalue weighted by molar-refractivity contribution is 5.20. The lowest BCUT2D eigenvalue weighted by Crippen LogP contribution is -2.45. The van der Waals surface area contributed by atoms with Gasteiger partial charge in [0.05, 0.1) is 6.04 Å². The molecule has 0 aromatic heterocycles. The first kappa shape index (κ1) is 12.5. The summed E-state index contributed by atoms with van der Waals surface area (Å²) in [6, 6.07) is 6.63. The van der Waals surface area contributed by atoms with Crippen LogP contribution >= 0.6 is 0 Å². The minimum Gasteiger partial charge on any atom is -0.329 e. The molecule has 17 heavy (non-hydrogen) atoms. The molecule has 1 atom stereocenters. The van der Waals surface area contributed by atoms with Crippen LogP contribution < -0.4 is 11.2 Å². The monoisotopic (exact) mass is 237 g/mol. The van der Waals surface area contributed by atoms with E-state index in [4.69, 9.17) is 5.73 Å². The van der Waals surface area contributed by atoms with Crippen molar-refractivity contribution in [3.63, 3.8) is 0 Å². The highest BCUT2D eigenvalue weighted by Crippen LogP contribution is 2.15. The number of nitrogens with two attached hydrogens (primary N) is 1. The molecule has 0 bridgehead atoms. The Labute approximate surface area is 102 Å². The van der Waals surface area contributed by atoms with Crippen LogP contribution in [0.25, 0.3) is 0 Å². The Morgan fingerprint density at radius 1 is 1.18 bits per heavy atom. The van der Waals surface area contributed by atoms with E-state index in [1.165, 1.54) is 31.4 Å². The molecule has 1 aromatic rings. The van der Waals surface area contributed by atoms with Gasteiger partial charge in [-0.05, 0) is 30.5 Å². The average Bonchev–Trinajstić information content (AvgIpc) is 2.38. The fraction of sp³-hybridized carbons (Fsp3) is 0.538. The average molecular weight is 237 g/mol. The zero-order valence-corrected chi connectivity index (χ0v) is 10.0. The van der Waals surface area contributed by atoms with Crippen LogP contribution in [-0.4, -0.2) is 24.6 Å². The van der Waals surface area contributed by atoms with Gasteiger partial charge in [-0.3, -0.25) is 0 Å². The molecule has 0 spiro atoms. The number of hydrazine groups is 1. The zero-order chi connectivity index (χ0) is 12.1. The molecule has 1 aromatic carbocycles. The molecule has 0 amide bonds. The third-order valence-corrected chi connectivity index (χ3v) is 3.20. The van der Waals surface area contributed by atoms with Gasteiger partial charge in [0.1, 0.15) is 5.82 Å². The molecule has 1 unspecified atom stereocenters. The summed E-state index contributed by atoms with van der Waals surface area (Å²) < 4.78 is 12.9. The van der Waals surface area contributed by atoms with Gasteiger partial charge in [-0.25, -0.2) is 14.8 Å². The van der Waals surface area contributed by atoms with E-state index in [1.807, 2.05) is 0 Å². The van der Waals surface area contributed by atoms with Crippen molar-refractivity contribution in [2.75, 3.05) is 19.6 Å². The molecule has 1 heterocycles. The molecule has 3 nitrogen and oxygen atoms in total. The van der Waals surface area contributed by atoms with E-state index in [9.17, 15) is 4.39 Å². The molecule has 3 N–H and O–H groups in total. The second-order valence-electron chi connectivity index (χ2n) is 4.52. The minimum atomic E-state index is -0.206. The van der Waals surface area contributed by atoms with Gasteiger partial charge in [-0.1, -0.05) is 18.6 Å². The number of benzene rings is 1. The summed E-state index contributed by atoms with van der Waals surface area (Å²) >= 11 is 0. The summed E-state index contributed by atoms with van der Waals surface area (Å²) in [6.45, 7) is 2.65. The second kappa shape index (κ2) is 6.10. The van der Waals surface area contributed by atoms with Crippen molar-refractivity contribution < 1.29 is 4.39 Å². The van der Waals surface area contributed by atoms with Crippen LogP contribution in [0.3, 0.4) is 0 Å². The molecule has 0 saturated carbocycles. The summed E-state index contributed by atoms with van der Waals surface area (Å²) in [5.74, 6) is -0.206. The lowest BCUT2D eigenvalue weighted by Gasteiger charge is -2.31. The summed E-state index contributed by atoms with van der Waals surface area (Å²) in [7, 11) is 0. The number of hydrogen-bond acceptors (Lipinski definition) is 3. The van der Waals surface area contributed by atoms with Crippen LogP contribution in [0.1, 0.15) is 30.9 Å². The molecular formula is C13H20FN3. The van der Waals surface area contributed by atoms with Crippen molar-refractivity contribution in [1.29, 1.82) is 0 Å². The quantitative estimate of drug-likeness (QED) is 0.839. The molecule has 0 aliphatic carbocycles. The van der Waals surface area contributed by atoms with Crippen molar-refractivity contribution in [2.24, 2.45) is 5.73 Å². The first-order valence-corrected chi connectivity index (χ1v) is 6.26. The highest BCUT2D eigenvalue weighted by Gasteiger charge is 2.15. The number of nitrogens with one attached hydrogen (secondary N) is 1. The van der Waals surface area contributed by atoms with Gasteiger partial charge in [0.25, 0.3) is 0 Å². The second-order valence-corrected chi connectivity index (χ2v) is 4.52. The Morgan fingerprint density at radius 3 is 2.41 bits per heavy atom. The van der Waals surface area contributed by atoms with Crippen molar-refractivity contribution in [1.82, 2.24) is 10.4 Å². The smallest absolute Gasteiger partial charge is 0.123 e. The van der Waals surface area contributed by atoms with E-state index in [1.54, 1.807) is 12.1 Å². The van der Waals surface area contributed by atoms with Crippen molar-refractivity contribution in [2.45, 2.75) is 25.3 Å². The molecule has 94 valence electrons. The normalized spacial score (nSPS) is 19.2. The third-order valence-electron chi connectivity index (χ3n) is 3.20. The van der Waals surface area contributed by atoms with Gasteiger partial charge >= 0.3 is 0 Å². The topological polar surface area (TPSA) is 41.3 Å². The summed E-state index contributed by atoms with van der Waals surface area (Å²) in [6.07, 6.45) is 3.77. The number of piperidine rings is 1. The lowest BCUT2D eigenvalue weighted by molar-refractivity contribution is 0.130. The largest absolute Gasteiger partial charge is 0.329 e. The van der Waals surface area contributed by atoms with E-state index in [-0.39, 0.29) is 11.9 Å². The zero-order valence-electron chi connectivity index (χ0n) is 10.0. The van der Waals surface area contributed by atoms with Gasteiger partial charge in [-0.15, -0.1) is 0 Å².